The standard InChI is InChI=1S/C14H26N2O3/c1-5-8-15(9-11-6-7-11)13(19)16(10-12(17)18)14(2,3)4/h11H,5-10H2,1-4H3,(H,17,18). The molecule has 110 valence electrons. The van der Waals surface area contributed by atoms with Crippen molar-refractivity contribution < 1.29 is 14.7 Å². The van der Waals surface area contributed by atoms with E-state index in [-0.39, 0.29) is 12.6 Å². The lowest BCUT2D eigenvalue weighted by Crippen LogP contribution is -2.54. The number of rotatable bonds is 6. The molecule has 0 saturated heterocycles. The highest BCUT2D eigenvalue weighted by Gasteiger charge is 2.34. The molecule has 0 bridgehead atoms. The van der Waals surface area contributed by atoms with Crippen LogP contribution in [0, 0.1) is 5.92 Å². The number of aliphatic carboxylic acids is 1. The lowest BCUT2D eigenvalue weighted by molar-refractivity contribution is -0.138. The van der Waals surface area contributed by atoms with Gasteiger partial charge in [0, 0.05) is 18.6 Å². The lowest BCUT2D eigenvalue weighted by Gasteiger charge is -2.38. The molecule has 1 aliphatic carbocycles. The van der Waals surface area contributed by atoms with E-state index < -0.39 is 11.5 Å². The number of amides is 2. The summed E-state index contributed by atoms with van der Waals surface area (Å²) in [6.45, 7) is 8.86. The summed E-state index contributed by atoms with van der Waals surface area (Å²) in [6, 6.07) is -0.149. The molecule has 0 spiro atoms. The van der Waals surface area contributed by atoms with Crippen molar-refractivity contribution in [3.8, 4) is 0 Å². The number of urea groups is 1. The maximum atomic E-state index is 12.6. The molecule has 0 atom stereocenters. The van der Waals surface area contributed by atoms with Gasteiger partial charge in [0.05, 0.1) is 0 Å². The molecular weight excluding hydrogens is 244 g/mol. The van der Waals surface area contributed by atoms with Crippen LogP contribution in [0.5, 0.6) is 0 Å². The van der Waals surface area contributed by atoms with E-state index in [4.69, 9.17) is 5.11 Å². The zero-order valence-electron chi connectivity index (χ0n) is 12.5. The van der Waals surface area contributed by atoms with Gasteiger partial charge in [-0.25, -0.2) is 4.79 Å². The Morgan fingerprint density at radius 3 is 2.21 bits per heavy atom. The highest BCUT2D eigenvalue weighted by atomic mass is 16.4. The molecule has 0 radical (unpaired) electrons. The van der Waals surface area contributed by atoms with E-state index in [0.29, 0.717) is 12.5 Å². The van der Waals surface area contributed by atoms with Gasteiger partial charge in [-0.3, -0.25) is 4.79 Å². The SMILES string of the molecule is CCCN(CC1CC1)C(=O)N(CC(=O)O)C(C)(C)C. The van der Waals surface area contributed by atoms with Crippen molar-refractivity contribution in [1.82, 2.24) is 9.80 Å². The Hall–Kier alpha value is -1.26. The van der Waals surface area contributed by atoms with E-state index in [1.54, 1.807) is 0 Å². The summed E-state index contributed by atoms with van der Waals surface area (Å²) in [7, 11) is 0. The van der Waals surface area contributed by atoms with Crippen LogP contribution in [-0.2, 0) is 4.79 Å². The van der Waals surface area contributed by atoms with Crippen molar-refractivity contribution in [3.05, 3.63) is 0 Å². The monoisotopic (exact) mass is 270 g/mol. The largest absolute Gasteiger partial charge is 0.480 e. The molecule has 0 aromatic heterocycles. The molecular formula is C14H26N2O3. The molecule has 2 amide bonds. The van der Waals surface area contributed by atoms with Crippen LogP contribution in [0.3, 0.4) is 0 Å². The number of carboxylic acids is 1. The first-order valence-corrected chi connectivity index (χ1v) is 7.04. The molecule has 1 N–H and O–H groups in total. The Balaban J connectivity index is 2.78. The third-order valence-electron chi connectivity index (χ3n) is 3.27. The fraction of sp³-hybridized carbons (Fsp3) is 0.857. The lowest BCUT2D eigenvalue weighted by atomic mass is 10.1. The Bertz CT molecular complexity index is 332. The summed E-state index contributed by atoms with van der Waals surface area (Å²) in [5.74, 6) is -0.353. The molecule has 1 aliphatic rings. The van der Waals surface area contributed by atoms with E-state index in [0.717, 1.165) is 13.0 Å². The number of carbonyl (C=O) groups is 2. The average Bonchev–Trinajstić information content (AvgIpc) is 3.06. The van der Waals surface area contributed by atoms with Gasteiger partial charge in [0.2, 0.25) is 0 Å². The van der Waals surface area contributed by atoms with Crippen LogP contribution in [0.4, 0.5) is 4.79 Å². The molecule has 0 aromatic carbocycles. The molecule has 1 saturated carbocycles. The van der Waals surface area contributed by atoms with Crippen LogP contribution >= 0.6 is 0 Å². The summed E-state index contributed by atoms with van der Waals surface area (Å²) in [4.78, 5) is 26.8. The molecule has 0 aliphatic heterocycles. The minimum absolute atomic E-state index is 0.149. The minimum atomic E-state index is -0.967. The highest BCUT2D eigenvalue weighted by molar-refractivity contribution is 5.81. The van der Waals surface area contributed by atoms with Gasteiger partial charge in [0.25, 0.3) is 0 Å². The molecule has 0 aromatic rings. The van der Waals surface area contributed by atoms with Gasteiger partial charge in [-0.1, -0.05) is 6.92 Å². The fourth-order valence-electron chi connectivity index (χ4n) is 2.04. The molecule has 19 heavy (non-hydrogen) atoms. The number of hydrogen-bond donors (Lipinski definition) is 1. The van der Waals surface area contributed by atoms with Gasteiger partial charge in [0.15, 0.2) is 0 Å². The van der Waals surface area contributed by atoms with E-state index >= 15 is 0 Å². The van der Waals surface area contributed by atoms with Gasteiger partial charge in [0.1, 0.15) is 6.54 Å². The highest BCUT2D eigenvalue weighted by Crippen LogP contribution is 2.30. The Morgan fingerprint density at radius 1 is 1.26 bits per heavy atom. The number of hydrogen-bond acceptors (Lipinski definition) is 2. The van der Waals surface area contributed by atoms with Crippen LogP contribution in [-0.4, -0.2) is 52.1 Å². The topological polar surface area (TPSA) is 60.9 Å². The van der Waals surface area contributed by atoms with Crippen LogP contribution in [0.1, 0.15) is 47.0 Å². The Kier molecular flexibility index (Phi) is 5.20. The third kappa shape index (κ3) is 5.09. The van der Waals surface area contributed by atoms with Gasteiger partial charge in [-0.2, -0.15) is 0 Å². The molecule has 5 heteroatoms. The Morgan fingerprint density at radius 2 is 1.84 bits per heavy atom. The summed E-state index contributed by atoms with van der Waals surface area (Å²) in [5.41, 5.74) is -0.481. The van der Waals surface area contributed by atoms with Crippen LogP contribution in [0.2, 0.25) is 0 Å². The van der Waals surface area contributed by atoms with E-state index in [2.05, 4.69) is 0 Å². The summed E-state index contributed by atoms with van der Waals surface area (Å²) in [5, 5.41) is 8.99. The van der Waals surface area contributed by atoms with E-state index in [1.807, 2.05) is 32.6 Å². The second-order valence-electron chi connectivity index (χ2n) is 6.32. The van der Waals surface area contributed by atoms with Crippen molar-refractivity contribution in [2.24, 2.45) is 5.92 Å². The van der Waals surface area contributed by atoms with Gasteiger partial charge < -0.3 is 14.9 Å². The van der Waals surface area contributed by atoms with Gasteiger partial charge in [-0.05, 0) is 46.0 Å². The van der Waals surface area contributed by atoms with Gasteiger partial charge >= 0.3 is 12.0 Å². The zero-order chi connectivity index (χ0) is 14.6. The Labute approximate surface area is 115 Å². The zero-order valence-corrected chi connectivity index (χ0v) is 12.5. The predicted octanol–water partition coefficient (Wildman–Crippen LogP) is 2.41. The van der Waals surface area contributed by atoms with Crippen molar-refractivity contribution >= 4 is 12.0 Å². The normalized spacial score (nSPS) is 15.2. The molecule has 1 fully saturated rings. The number of carbonyl (C=O) groups excluding carboxylic acids is 1. The summed E-state index contributed by atoms with van der Waals surface area (Å²) < 4.78 is 0. The average molecular weight is 270 g/mol. The smallest absolute Gasteiger partial charge is 0.323 e. The second kappa shape index (κ2) is 6.26. The predicted molar refractivity (Wildman–Crippen MR) is 74.1 cm³/mol. The molecule has 5 nitrogen and oxygen atoms in total. The first kappa shape index (κ1) is 15.8. The maximum Gasteiger partial charge on any atom is 0.323 e. The molecule has 0 heterocycles. The molecule has 1 rings (SSSR count). The quantitative estimate of drug-likeness (QED) is 0.806. The second-order valence-corrected chi connectivity index (χ2v) is 6.32. The summed E-state index contributed by atoms with van der Waals surface area (Å²) in [6.07, 6.45) is 3.26. The number of nitrogens with zero attached hydrogens (tertiary/aromatic N) is 2. The first-order chi connectivity index (χ1) is 8.75. The van der Waals surface area contributed by atoms with Crippen molar-refractivity contribution in [1.29, 1.82) is 0 Å². The van der Waals surface area contributed by atoms with E-state index in [1.165, 1.54) is 17.7 Å². The summed E-state index contributed by atoms with van der Waals surface area (Å²) >= 11 is 0. The van der Waals surface area contributed by atoms with Crippen molar-refractivity contribution in [2.75, 3.05) is 19.6 Å². The van der Waals surface area contributed by atoms with Crippen molar-refractivity contribution in [3.63, 3.8) is 0 Å². The van der Waals surface area contributed by atoms with Crippen LogP contribution < -0.4 is 0 Å². The van der Waals surface area contributed by atoms with Gasteiger partial charge in [-0.15, -0.1) is 0 Å². The van der Waals surface area contributed by atoms with Crippen LogP contribution in [0.25, 0.3) is 0 Å². The van der Waals surface area contributed by atoms with Crippen LogP contribution in [0.15, 0.2) is 0 Å². The van der Waals surface area contributed by atoms with Crippen molar-refractivity contribution in [2.45, 2.75) is 52.5 Å². The molecule has 0 unspecified atom stereocenters. The first-order valence-electron chi connectivity index (χ1n) is 7.04. The fourth-order valence-corrected chi connectivity index (χ4v) is 2.04. The third-order valence-corrected chi connectivity index (χ3v) is 3.27. The maximum absolute atomic E-state index is 12.6. The number of carboxylic acid groups (broad SMARTS) is 1. The van der Waals surface area contributed by atoms with E-state index in [9.17, 15) is 9.59 Å². The minimum Gasteiger partial charge on any atom is -0.480 e.